The van der Waals surface area contributed by atoms with E-state index in [9.17, 15) is 27.2 Å². The molecule has 3 aromatic carbocycles. The normalized spacial score (nSPS) is 10.5. The molecule has 0 N–H and O–H groups in total. The van der Waals surface area contributed by atoms with Gasteiger partial charge in [-0.05, 0) is 79.2 Å². The van der Waals surface area contributed by atoms with E-state index in [1.807, 2.05) is 27.7 Å². The predicted molar refractivity (Wildman–Crippen MR) is 147 cm³/mol. The number of hydrogen-bond donors (Lipinski definition) is 0. The largest absolute Gasteiger partial charge is 0.429 e. The van der Waals surface area contributed by atoms with E-state index in [1.165, 1.54) is 6.92 Å². The first-order chi connectivity index (χ1) is 19.4. The number of aryl methyl sites for hydroxylation is 1. The van der Waals surface area contributed by atoms with Gasteiger partial charge in [0.25, 0.3) is 0 Å². The summed E-state index contributed by atoms with van der Waals surface area (Å²) in [5, 5.41) is 0. The van der Waals surface area contributed by atoms with Crippen molar-refractivity contribution in [2.75, 3.05) is 0 Å². The molecule has 10 heteroatoms. The van der Waals surface area contributed by atoms with Crippen LogP contribution in [0.25, 0.3) is 0 Å². The zero-order valence-electron chi connectivity index (χ0n) is 23.4. The standard InChI is InChI=1S/C27H20F4O6.2C2H6/c1-4-24(32)34-20-10-6-18(7-11-20)26(28,29)36-22-14-15-23(17(3)16-22)37-27(30,31)19-8-12-21(13-9-19)35-25(33)5-2;2*1-2/h4-16H,1-2H2,3H3;2*1-2H3. The van der Waals surface area contributed by atoms with E-state index in [0.717, 1.165) is 78.9 Å². The Hall–Kier alpha value is -4.60. The number of halogens is 4. The van der Waals surface area contributed by atoms with E-state index in [2.05, 4.69) is 13.2 Å². The molecule has 0 saturated heterocycles. The van der Waals surface area contributed by atoms with Crippen LogP contribution in [-0.4, -0.2) is 11.9 Å². The number of esters is 2. The first-order valence-electron chi connectivity index (χ1n) is 12.6. The van der Waals surface area contributed by atoms with Crippen LogP contribution in [0, 0.1) is 6.92 Å². The van der Waals surface area contributed by atoms with Gasteiger partial charge in [0.15, 0.2) is 0 Å². The van der Waals surface area contributed by atoms with Crippen molar-refractivity contribution in [3.05, 3.63) is 109 Å². The number of hydrogen-bond acceptors (Lipinski definition) is 6. The summed E-state index contributed by atoms with van der Waals surface area (Å²) in [7, 11) is 0. The van der Waals surface area contributed by atoms with Crippen LogP contribution in [0.2, 0.25) is 0 Å². The quantitative estimate of drug-likeness (QED) is 0.104. The molecule has 0 amide bonds. The van der Waals surface area contributed by atoms with E-state index in [-0.39, 0.29) is 28.6 Å². The number of alkyl halides is 4. The maximum atomic E-state index is 14.7. The third-order valence-corrected chi connectivity index (χ3v) is 4.78. The minimum Gasteiger partial charge on any atom is -0.429 e. The summed E-state index contributed by atoms with van der Waals surface area (Å²) in [6.45, 7) is 15.9. The molecule has 0 aromatic heterocycles. The molecular formula is C31H32F4O6. The second-order valence-electron chi connectivity index (χ2n) is 7.46. The van der Waals surface area contributed by atoms with E-state index in [1.54, 1.807) is 0 Å². The summed E-state index contributed by atoms with van der Waals surface area (Å²) in [5.41, 5.74) is -0.951. The lowest BCUT2D eigenvalue weighted by Gasteiger charge is -2.21. The van der Waals surface area contributed by atoms with Gasteiger partial charge in [-0.15, -0.1) is 0 Å². The highest BCUT2D eigenvalue weighted by molar-refractivity contribution is 5.83. The maximum absolute atomic E-state index is 14.7. The van der Waals surface area contributed by atoms with Crippen LogP contribution in [-0.2, 0) is 21.8 Å². The summed E-state index contributed by atoms with van der Waals surface area (Å²) < 4.78 is 77.9. The number of carbonyl (C=O) groups excluding carboxylic acids is 2. The van der Waals surface area contributed by atoms with Gasteiger partial charge in [-0.3, -0.25) is 0 Å². The van der Waals surface area contributed by atoms with E-state index in [4.69, 9.17) is 18.9 Å². The van der Waals surface area contributed by atoms with Crippen LogP contribution in [0.5, 0.6) is 23.0 Å². The molecule has 0 aliphatic heterocycles. The lowest BCUT2D eigenvalue weighted by atomic mass is 10.1. The van der Waals surface area contributed by atoms with Crippen molar-refractivity contribution in [3.8, 4) is 23.0 Å². The summed E-state index contributed by atoms with van der Waals surface area (Å²) in [6.07, 6.45) is -5.71. The Balaban J connectivity index is 0.00000201. The van der Waals surface area contributed by atoms with Crippen LogP contribution < -0.4 is 18.9 Å². The second-order valence-corrected chi connectivity index (χ2v) is 7.46. The van der Waals surface area contributed by atoms with Crippen molar-refractivity contribution in [3.63, 3.8) is 0 Å². The van der Waals surface area contributed by atoms with Crippen molar-refractivity contribution in [2.24, 2.45) is 0 Å². The maximum Gasteiger partial charge on any atom is 0.426 e. The fraction of sp³-hybridized carbons (Fsp3) is 0.226. The van der Waals surface area contributed by atoms with Gasteiger partial charge in [-0.1, -0.05) is 40.9 Å². The molecule has 0 aliphatic carbocycles. The predicted octanol–water partition coefficient (Wildman–Crippen LogP) is 8.49. The highest BCUT2D eigenvalue weighted by Gasteiger charge is 2.36. The van der Waals surface area contributed by atoms with Crippen molar-refractivity contribution in [2.45, 2.75) is 46.8 Å². The number of ether oxygens (including phenoxy) is 4. The zero-order valence-corrected chi connectivity index (χ0v) is 23.4. The highest BCUT2D eigenvalue weighted by Crippen LogP contribution is 2.37. The Morgan fingerprint density at radius 1 is 0.634 bits per heavy atom. The van der Waals surface area contributed by atoms with Gasteiger partial charge >= 0.3 is 24.2 Å². The Bertz CT molecular complexity index is 1300. The monoisotopic (exact) mass is 576 g/mol. The fourth-order valence-electron chi connectivity index (χ4n) is 2.95. The average Bonchev–Trinajstić information content (AvgIpc) is 2.97. The molecule has 6 nitrogen and oxygen atoms in total. The van der Waals surface area contributed by atoms with Crippen LogP contribution in [0.3, 0.4) is 0 Å². The average molecular weight is 577 g/mol. The minimum atomic E-state index is -3.78. The number of benzene rings is 3. The Labute approximate surface area is 236 Å². The summed E-state index contributed by atoms with van der Waals surface area (Å²) in [4.78, 5) is 22.4. The highest BCUT2D eigenvalue weighted by atomic mass is 19.3. The Morgan fingerprint density at radius 3 is 1.37 bits per heavy atom. The summed E-state index contributed by atoms with van der Waals surface area (Å²) >= 11 is 0. The minimum absolute atomic E-state index is 0.0372. The van der Waals surface area contributed by atoms with Gasteiger partial charge in [0, 0.05) is 12.2 Å². The molecule has 0 atom stereocenters. The lowest BCUT2D eigenvalue weighted by Crippen LogP contribution is -2.23. The van der Waals surface area contributed by atoms with Crippen molar-refractivity contribution in [1.82, 2.24) is 0 Å². The van der Waals surface area contributed by atoms with Gasteiger partial charge in [-0.2, -0.15) is 17.6 Å². The molecule has 0 saturated carbocycles. The van der Waals surface area contributed by atoms with Crippen molar-refractivity contribution >= 4 is 11.9 Å². The molecule has 0 radical (unpaired) electrons. The summed E-state index contributed by atoms with van der Waals surface area (Å²) in [6, 6.07) is 12.0. The first-order valence-corrected chi connectivity index (χ1v) is 12.6. The van der Waals surface area contributed by atoms with Crippen LogP contribution in [0.15, 0.2) is 92.0 Å². The number of rotatable bonds is 10. The van der Waals surface area contributed by atoms with E-state index in [0.29, 0.717) is 0 Å². The summed E-state index contributed by atoms with van der Waals surface area (Å²) in [5.74, 6) is -1.98. The molecule has 0 aliphatic rings. The second kappa shape index (κ2) is 15.9. The molecule has 0 fully saturated rings. The SMILES string of the molecule is C=CC(=O)Oc1ccc(C(F)(F)Oc2ccc(OC(F)(F)c3ccc(OC(=O)C=C)cc3)c(C)c2)cc1.CC.CC. The molecule has 41 heavy (non-hydrogen) atoms. The van der Waals surface area contributed by atoms with Gasteiger partial charge in [0.2, 0.25) is 0 Å². The molecule has 3 rings (SSSR count). The van der Waals surface area contributed by atoms with Gasteiger partial charge in [-0.25, -0.2) is 9.59 Å². The van der Waals surface area contributed by atoms with Crippen molar-refractivity contribution in [1.29, 1.82) is 0 Å². The van der Waals surface area contributed by atoms with Crippen LogP contribution in [0.1, 0.15) is 44.4 Å². The number of carbonyl (C=O) groups is 2. The topological polar surface area (TPSA) is 71.1 Å². The van der Waals surface area contributed by atoms with Gasteiger partial charge in [0.05, 0.1) is 11.1 Å². The molecule has 0 heterocycles. The Kier molecular flexibility index (Phi) is 13.3. The van der Waals surface area contributed by atoms with Gasteiger partial charge in [0.1, 0.15) is 23.0 Å². The van der Waals surface area contributed by atoms with Crippen LogP contribution in [0.4, 0.5) is 17.6 Å². The lowest BCUT2D eigenvalue weighted by molar-refractivity contribution is -0.188. The fourth-order valence-corrected chi connectivity index (χ4v) is 2.95. The molecule has 3 aromatic rings. The molecule has 0 unspecified atom stereocenters. The van der Waals surface area contributed by atoms with E-state index < -0.39 is 35.3 Å². The molecule has 220 valence electrons. The molecule has 0 bridgehead atoms. The Morgan fingerprint density at radius 2 is 1.00 bits per heavy atom. The smallest absolute Gasteiger partial charge is 0.426 e. The third-order valence-electron chi connectivity index (χ3n) is 4.78. The molecule has 0 spiro atoms. The van der Waals surface area contributed by atoms with Crippen molar-refractivity contribution < 1.29 is 46.1 Å². The third kappa shape index (κ3) is 10.1. The molecular weight excluding hydrogens is 544 g/mol. The zero-order chi connectivity index (χ0) is 31.2. The van der Waals surface area contributed by atoms with E-state index >= 15 is 0 Å². The first kappa shape index (κ1) is 34.4. The van der Waals surface area contributed by atoms with Gasteiger partial charge < -0.3 is 18.9 Å². The van der Waals surface area contributed by atoms with Crippen LogP contribution >= 0.6 is 0 Å².